The van der Waals surface area contributed by atoms with E-state index in [1.807, 2.05) is 12.1 Å². The first-order valence-corrected chi connectivity index (χ1v) is 9.51. The molecule has 1 aliphatic heterocycles. The van der Waals surface area contributed by atoms with E-state index in [4.69, 9.17) is 0 Å². The lowest BCUT2D eigenvalue weighted by atomic mass is 9.86. The highest BCUT2D eigenvalue weighted by Crippen LogP contribution is 2.28. The van der Waals surface area contributed by atoms with Crippen molar-refractivity contribution in [3.05, 3.63) is 41.7 Å². The second-order valence-electron chi connectivity index (χ2n) is 7.45. The number of Topliss-reactive ketones (excluding diaryl/α,β-unsaturated/α-hetero) is 1. The van der Waals surface area contributed by atoms with E-state index >= 15 is 0 Å². The number of rotatable bonds is 6. The van der Waals surface area contributed by atoms with Gasteiger partial charge in [0, 0.05) is 32.6 Å². The standard InChI is InChI=1S/C21H29FN2O/c1-17(25)16-19-8-6-18(7-9-19)10-11-23-12-14-24(15-13-23)21-5-3-2-4-20(21)22/h2-5,8,18H,6-7,9-16H2,1H3. The van der Waals surface area contributed by atoms with Gasteiger partial charge in [-0.05, 0) is 57.2 Å². The number of carbonyl (C=O) groups is 1. The molecule has 136 valence electrons. The zero-order valence-corrected chi connectivity index (χ0v) is 15.2. The average Bonchev–Trinajstić information content (AvgIpc) is 2.62. The third kappa shape index (κ3) is 5.15. The Morgan fingerprint density at radius 3 is 2.60 bits per heavy atom. The zero-order chi connectivity index (χ0) is 17.6. The van der Waals surface area contributed by atoms with E-state index in [1.165, 1.54) is 18.4 Å². The molecule has 25 heavy (non-hydrogen) atoms. The molecule has 1 aliphatic carbocycles. The van der Waals surface area contributed by atoms with Crippen LogP contribution in [0.2, 0.25) is 0 Å². The van der Waals surface area contributed by atoms with E-state index in [0.29, 0.717) is 6.42 Å². The van der Waals surface area contributed by atoms with Crippen molar-refractivity contribution in [2.75, 3.05) is 37.6 Å². The Hall–Kier alpha value is -1.68. The van der Waals surface area contributed by atoms with Crippen molar-refractivity contribution in [3.63, 3.8) is 0 Å². The van der Waals surface area contributed by atoms with Gasteiger partial charge in [-0.1, -0.05) is 23.8 Å². The van der Waals surface area contributed by atoms with Crippen LogP contribution in [-0.4, -0.2) is 43.4 Å². The number of para-hydroxylation sites is 1. The number of nitrogens with zero attached hydrogens (tertiary/aromatic N) is 2. The Kier molecular flexibility index (Phi) is 6.24. The number of hydrogen-bond donors (Lipinski definition) is 0. The van der Waals surface area contributed by atoms with Gasteiger partial charge in [0.2, 0.25) is 0 Å². The summed E-state index contributed by atoms with van der Waals surface area (Å²) in [6.07, 6.45) is 7.59. The summed E-state index contributed by atoms with van der Waals surface area (Å²) in [6.45, 7) is 6.61. The van der Waals surface area contributed by atoms with E-state index in [0.717, 1.165) is 57.2 Å². The predicted molar refractivity (Wildman–Crippen MR) is 100 cm³/mol. The Balaban J connectivity index is 1.39. The van der Waals surface area contributed by atoms with Crippen LogP contribution in [0, 0.1) is 11.7 Å². The first kappa shape index (κ1) is 18.1. The number of halogens is 1. The summed E-state index contributed by atoms with van der Waals surface area (Å²) >= 11 is 0. The summed E-state index contributed by atoms with van der Waals surface area (Å²) in [4.78, 5) is 15.9. The largest absolute Gasteiger partial charge is 0.367 e. The van der Waals surface area contributed by atoms with Crippen LogP contribution in [0.5, 0.6) is 0 Å². The maximum absolute atomic E-state index is 13.9. The minimum atomic E-state index is -0.119. The Bertz CT molecular complexity index is 620. The van der Waals surface area contributed by atoms with Gasteiger partial charge >= 0.3 is 0 Å². The first-order chi connectivity index (χ1) is 12.1. The molecule has 1 saturated heterocycles. The maximum atomic E-state index is 13.9. The second-order valence-corrected chi connectivity index (χ2v) is 7.45. The van der Waals surface area contributed by atoms with Gasteiger partial charge in [-0.25, -0.2) is 4.39 Å². The van der Waals surface area contributed by atoms with E-state index < -0.39 is 0 Å². The van der Waals surface area contributed by atoms with Crippen LogP contribution in [0.4, 0.5) is 10.1 Å². The number of hydrogen-bond acceptors (Lipinski definition) is 3. The number of benzene rings is 1. The molecule has 0 saturated carbocycles. The van der Waals surface area contributed by atoms with E-state index in [2.05, 4.69) is 15.9 Å². The molecule has 1 aromatic carbocycles. The number of ketones is 1. The summed E-state index contributed by atoms with van der Waals surface area (Å²) in [6, 6.07) is 7.06. The molecule has 3 rings (SSSR count). The lowest BCUT2D eigenvalue weighted by molar-refractivity contribution is -0.116. The topological polar surface area (TPSA) is 23.6 Å². The van der Waals surface area contributed by atoms with Gasteiger partial charge in [0.05, 0.1) is 5.69 Å². The van der Waals surface area contributed by atoms with E-state index in [1.54, 1.807) is 19.1 Å². The fraction of sp³-hybridized carbons (Fsp3) is 0.571. The van der Waals surface area contributed by atoms with Gasteiger partial charge in [0.15, 0.2) is 0 Å². The van der Waals surface area contributed by atoms with Gasteiger partial charge in [-0.3, -0.25) is 9.69 Å². The second kappa shape index (κ2) is 8.61. The molecule has 3 nitrogen and oxygen atoms in total. The summed E-state index contributed by atoms with van der Waals surface area (Å²) in [7, 11) is 0. The minimum Gasteiger partial charge on any atom is -0.367 e. The van der Waals surface area contributed by atoms with Crippen molar-refractivity contribution in [3.8, 4) is 0 Å². The molecule has 0 N–H and O–H groups in total. The molecule has 0 spiro atoms. The molecule has 1 unspecified atom stereocenters. The van der Waals surface area contributed by atoms with Crippen LogP contribution in [0.15, 0.2) is 35.9 Å². The van der Waals surface area contributed by atoms with Crippen molar-refractivity contribution < 1.29 is 9.18 Å². The highest BCUT2D eigenvalue weighted by atomic mass is 19.1. The lowest BCUT2D eigenvalue weighted by Crippen LogP contribution is -2.47. The van der Waals surface area contributed by atoms with Crippen LogP contribution < -0.4 is 4.90 Å². The monoisotopic (exact) mass is 344 g/mol. The van der Waals surface area contributed by atoms with Gasteiger partial charge in [0.1, 0.15) is 11.6 Å². The van der Waals surface area contributed by atoms with Crippen LogP contribution in [-0.2, 0) is 4.79 Å². The summed E-state index contributed by atoms with van der Waals surface area (Å²) in [5.74, 6) is 0.907. The molecular weight excluding hydrogens is 315 g/mol. The number of carbonyl (C=O) groups excluding carboxylic acids is 1. The van der Waals surface area contributed by atoms with E-state index in [-0.39, 0.29) is 11.6 Å². The van der Waals surface area contributed by atoms with Crippen LogP contribution in [0.1, 0.15) is 39.0 Å². The van der Waals surface area contributed by atoms with Crippen molar-refractivity contribution in [1.82, 2.24) is 4.90 Å². The molecule has 4 heteroatoms. The maximum Gasteiger partial charge on any atom is 0.146 e. The average molecular weight is 344 g/mol. The van der Waals surface area contributed by atoms with E-state index in [9.17, 15) is 9.18 Å². The molecule has 0 amide bonds. The third-order valence-electron chi connectivity index (χ3n) is 5.51. The van der Waals surface area contributed by atoms with Crippen molar-refractivity contribution in [2.24, 2.45) is 5.92 Å². The number of allylic oxidation sites excluding steroid dienone is 2. The zero-order valence-electron chi connectivity index (χ0n) is 15.2. The fourth-order valence-electron chi connectivity index (χ4n) is 3.97. The highest BCUT2D eigenvalue weighted by Gasteiger charge is 2.21. The first-order valence-electron chi connectivity index (χ1n) is 9.51. The molecule has 0 aromatic heterocycles. The number of anilines is 1. The van der Waals surface area contributed by atoms with Gasteiger partial charge in [-0.2, -0.15) is 0 Å². The number of piperazine rings is 1. The van der Waals surface area contributed by atoms with Gasteiger partial charge in [0.25, 0.3) is 0 Å². The van der Waals surface area contributed by atoms with Crippen LogP contribution >= 0.6 is 0 Å². The Morgan fingerprint density at radius 2 is 1.96 bits per heavy atom. The lowest BCUT2D eigenvalue weighted by Gasteiger charge is -2.37. The summed E-state index contributed by atoms with van der Waals surface area (Å²) in [5, 5.41) is 0. The fourth-order valence-corrected chi connectivity index (χ4v) is 3.97. The smallest absolute Gasteiger partial charge is 0.146 e. The molecular formula is C21H29FN2O. The van der Waals surface area contributed by atoms with Crippen molar-refractivity contribution >= 4 is 11.5 Å². The third-order valence-corrected chi connectivity index (χ3v) is 5.51. The van der Waals surface area contributed by atoms with Crippen molar-refractivity contribution in [1.29, 1.82) is 0 Å². The Morgan fingerprint density at radius 1 is 1.20 bits per heavy atom. The van der Waals surface area contributed by atoms with Gasteiger partial charge in [-0.15, -0.1) is 0 Å². The molecule has 1 fully saturated rings. The van der Waals surface area contributed by atoms with Crippen LogP contribution in [0.3, 0.4) is 0 Å². The normalized spacial score (nSPS) is 21.9. The minimum absolute atomic E-state index is 0.119. The predicted octanol–water partition coefficient (Wildman–Crippen LogP) is 4.04. The molecule has 0 radical (unpaired) electrons. The molecule has 1 heterocycles. The summed E-state index contributed by atoms with van der Waals surface area (Å²) in [5.41, 5.74) is 2.07. The highest BCUT2D eigenvalue weighted by molar-refractivity contribution is 5.78. The Labute approximate surface area is 150 Å². The van der Waals surface area contributed by atoms with Crippen LogP contribution in [0.25, 0.3) is 0 Å². The quantitative estimate of drug-likeness (QED) is 0.728. The van der Waals surface area contributed by atoms with Crippen molar-refractivity contribution in [2.45, 2.75) is 39.0 Å². The molecule has 2 aliphatic rings. The molecule has 0 bridgehead atoms. The SMILES string of the molecule is CC(=O)CC1=CCC(CCN2CCN(c3ccccc3F)CC2)CC1. The summed E-state index contributed by atoms with van der Waals surface area (Å²) < 4.78 is 13.9. The molecule has 1 aromatic rings. The molecule has 1 atom stereocenters. The van der Waals surface area contributed by atoms with Gasteiger partial charge < -0.3 is 4.90 Å².